The van der Waals surface area contributed by atoms with Crippen molar-refractivity contribution in [3.8, 4) is 0 Å². The normalized spacial score (nSPS) is 17.5. The number of para-hydroxylation sites is 1. The fourth-order valence-electron chi connectivity index (χ4n) is 3.76. The molecule has 1 aliphatic heterocycles. The van der Waals surface area contributed by atoms with Gasteiger partial charge in [0.05, 0.1) is 6.10 Å². The summed E-state index contributed by atoms with van der Waals surface area (Å²) in [7, 11) is 0. The summed E-state index contributed by atoms with van der Waals surface area (Å²) in [6.45, 7) is 8.65. The highest BCUT2D eigenvalue weighted by molar-refractivity contribution is 5.96. The van der Waals surface area contributed by atoms with Crippen LogP contribution < -0.4 is 16.0 Å². The van der Waals surface area contributed by atoms with Gasteiger partial charge in [0.25, 0.3) is 5.91 Å². The molecule has 1 aliphatic rings. The molecule has 0 saturated carbocycles. The van der Waals surface area contributed by atoms with Crippen LogP contribution in [0.1, 0.15) is 51.1 Å². The second-order valence-corrected chi connectivity index (χ2v) is 9.32. The van der Waals surface area contributed by atoms with Gasteiger partial charge in [-0.1, -0.05) is 45.9 Å². The van der Waals surface area contributed by atoms with Gasteiger partial charge in [0.2, 0.25) is 5.91 Å². The third-order valence-electron chi connectivity index (χ3n) is 5.91. The predicted octanol–water partition coefficient (Wildman–Crippen LogP) is 3.23. The van der Waals surface area contributed by atoms with E-state index in [1.165, 1.54) is 0 Å². The zero-order valence-electron chi connectivity index (χ0n) is 20.3. The maximum absolute atomic E-state index is 13.0. The molecule has 0 spiro atoms. The number of fused-ring (bicyclic) bond motifs is 1. The number of hydrogen-bond acceptors (Lipinski definition) is 6. The third-order valence-corrected chi connectivity index (χ3v) is 5.91. The summed E-state index contributed by atoms with van der Waals surface area (Å²) in [6.07, 6.45) is 1.08. The molecule has 1 saturated heterocycles. The first-order valence-electron chi connectivity index (χ1n) is 11.9. The lowest BCUT2D eigenvalue weighted by molar-refractivity contribution is -0.125. The molecule has 0 radical (unpaired) electrons. The fourth-order valence-corrected chi connectivity index (χ4v) is 3.76. The minimum atomic E-state index is -0.774. The van der Waals surface area contributed by atoms with Crippen LogP contribution in [-0.2, 0) is 14.3 Å². The van der Waals surface area contributed by atoms with Crippen LogP contribution in [0.5, 0.6) is 0 Å². The van der Waals surface area contributed by atoms with Crippen molar-refractivity contribution in [2.75, 3.05) is 19.8 Å². The molecule has 2 aromatic rings. The van der Waals surface area contributed by atoms with Gasteiger partial charge >= 0.3 is 6.09 Å². The quantitative estimate of drug-likeness (QED) is 0.487. The molecule has 0 aliphatic carbocycles. The van der Waals surface area contributed by atoms with Crippen LogP contribution in [0.25, 0.3) is 11.0 Å². The van der Waals surface area contributed by atoms with E-state index in [0.717, 1.165) is 18.2 Å². The molecule has 1 fully saturated rings. The Morgan fingerprint density at radius 3 is 2.50 bits per heavy atom. The van der Waals surface area contributed by atoms with E-state index < -0.39 is 12.1 Å². The molecule has 3 N–H and O–H groups in total. The Kier molecular flexibility index (Phi) is 8.92. The zero-order valence-corrected chi connectivity index (χ0v) is 20.3. The number of ether oxygens (including phenoxy) is 2. The lowest BCUT2D eigenvalue weighted by atomic mass is 10.0. The smallest absolute Gasteiger partial charge is 0.407 e. The van der Waals surface area contributed by atoms with Crippen LogP contribution >= 0.6 is 0 Å². The summed E-state index contributed by atoms with van der Waals surface area (Å²) in [4.78, 5) is 37.8. The van der Waals surface area contributed by atoms with Crippen LogP contribution in [-0.4, -0.2) is 55.9 Å². The third kappa shape index (κ3) is 6.96. The van der Waals surface area contributed by atoms with Gasteiger partial charge in [0.15, 0.2) is 5.76 Å². The molecule has 1 unspecified atom stereocenters. The van der Waals surface area contributed by atoms with E-state index in [9.17, 15) is 14.4 Å². The SMILES string of the molecule is CC(C)[C@H](NC(=O)OCC1CCCO1)C(=O)N[C@H](CNC(=O)c1cc2ccccc2o1)C(C)C. The van der Waals surface area contributed by atoms with Gasteiger partial charge < -0.3 is 29.8 Å². The van der Waals surface area contributed by atoms with Gasteiger partial charge in [-0.3, -0.25) is 9.59 Å². The van der Waals surface area contributed by atoms with Crippen molar-refractivity contribution in [1.29, 1.82) is 0 Å². The molecule has 1 aromatic carbocycles. The van der Waals surface area contributed by atoms with Gasteiger partial charge in [-0.05, 0) is 36.8 Å². The molecule has 0 bridgehead atoms. The van der Waals surface area contributed by atoms with E-state index in [1.54, 1.807) is 12.1 Å². The summed E-state index contributed by atoms with van der Waals surface area (Å²) in [5.41, 5.74) is 0.638. The Morgan fingerprint density at radius 1 is 1.09 bits per heavy atom. The molecule has 3 amide bonds. The first-order valence-corrected chi connectivity index (χ1v) is 11.9. The molecule has 34 heavy (non-hydrogen) atoms. The molecular formula is C25H35N3O6. The number of carbonyl (C=O) groups is 3. The van der Waals surface area contributed by atoms with Crippen LogP contribution in [0.15, 0.2) is 34.7 Å². The van der Waals surface area contributed by atoms with Crippen molar-refractivity contribution in [2.24, 2.45) is 11.8 Å². The molecule has 3 rings (SSSR count). The highest BCUT2D eigenvalue weighted by Crippen LogP contribution is 2.18. The molecule has 3 atom stereocenters. The lowest BCUT2D eigenvalue weighted by Crippen LogP contribution is -2.55. The standard InChI is InChI=1S/C25H35N3O6/c1-15(2)19(13-26-23(29)21-12-17-8-5-6-10-20(17)34-21)27-24(30)22(16(3)4)28-25(31)33-14-18-9-7-11-32-18/h5-6,8,10,12,15-16,18-19,22H,7,9,11,13-14H2,1-4H3,(H,26,29)(H,27,30)(H,28,31)/t18?,19-,22+/m1/s1. The summed E-state index contributed by atoms with van der Waals surface area (Å²) < 4.78 is 16.3. The maximum Gasteiger partial charge on any atom is 0.407 e. The van der Waals surface area contributed by atoms with Crippen LogP contribution in [0, 0.1) is 11.8 Å². The topological polar surface area (TPSA) is 119 Å². The molecule has 9 nitrogen and oxygen atoms in total. The van der Waals surface area contributed by atoms with Gasteiger partial charge in [0.1, 0.15) is 18.2 Å². The Bertz CT molecular complexity index is 947. The predicted molar refractivity (Wildman–Crippen MR) is 127 cm³/mol. The van der Waals surface area contributed by atoms with Crippen molar-refractivity contribution in [3.63, 3.8) is 0 Å². The number of benzene rings is 1. The first kappa shape index (κ1) is 25.6. The average Bonchev–Trinajstić information content (AvgIpc) is 3.47. The highest BCUT2D eigenvalue weighted by Gasteiger charge is 2.28. The Morgan fingerprint density at radius 2 is 1.85 bits per heavy atom. The van der Waals surface area contributed by atoms with E-state index in [2.05, 4.69) is 16.0 Å². The summed E-state index contributed by atoms with van der Waals surface area (Å²) in [5, 5.41) is 9.29. The van der Waals surface area contributed by atoms with Crippen LogP contribution in [0.3, 0.4) is 0 Å². The molecular weight excluding hydrogens is 438 g/mol. The highest BCUT2D eigenvalue weighted by atomic mass is 16.6. The molecule has 186 valence electrons. The first-order chi connectivity index (χ1) is 16.2. The van der Waals surface area contributed by atoms with Gasteiger partial charge in [-0.15, -0.1) is 0 Å². The van der Waals surface area contributed by atoms with Crippen molar-refractivity contribution >= 4 is 28.9 Å². The average molecular weight is 474 g/mol. The zero-order chi connectivity index (χ0) is 24.7. The van der Waals surface area contributed by atoms with Crippen molar-refractivity contribution in [3.05, 3.63) is 36.1 Å². The van der Waals surface area contributed by atoms with Crippen molar-refractivity contribution in [1.82, 2.24) is 16.0 Å². The minimum absolute atomic E-state index is 0.0409. The number of amides is 3. The van der Waals surface area contributed by atoms with Gasteiger partial charge in [-0.25, -0.2) is 4.79 Å². The summed E-state index contributed by atoms with van der Waals surface area (Å²) in [6, 6.07) is 7.97. The second kappa shape index (κ2) is 11.9. The fraction of sp³-hybridized carbons (Fsp3) is 0.560. The minimum Gasteiger partial charge on any atom is -0.451 e. The maximum atomic E-state index is 13.0. The lowest BCUT2D eigenvalue weighted by Gasteiger charge is -2.27. The van der Waals surface area contributed by atoms with Crippen LogP contribution in [0.2, 0.25) is 0 Å². The van der Waals surface area contributed by atoms with Crippen LogP contribution in [0.4, 0.5) is 4.79 Å². The van der Waals surface area contributed by atoms with E-state index in [4.69, 9.17) is 13.9 Å². The Hall–Kier alpha value is -3.07. The summed E-state index contributed by atoms with van der Waals surface area (Å²) in [5.74, 6) is -0.591. The number of carbonyl (C=O) groups excluding carboxylic acids is 3. The number of nitrogens with one attached hydrogen (secondary N) is 3. The largest absolute Gasteiger partial charge is 0.451 e. The molecule has 2 heterocycles. The molecule has 9 heteroatoms. The van der Waals surface area contributed by atoms with E-state index in [0.29, 0.717) is 12.2 Å². The number of hydrogen-bond donors (Lipinski definition) is 3. The van der Waals surface area contributed by atoms with E-state index in [-0.39, 0.29) is 54.7 Å². The summed E-state index contributed by atoms with van der Waals surface area (Å²) >= 11 is 0. The monoisotopic (exact) mass is 473 g/mol. The van der Waals surface area contributed by atoms with Gasteiger partial charge in [-0.2, -0.15) is 0 Å². The number of rotatable bonds is 10. The Balaban J connectivity index is 1.53. The number of alkyl carbamates (subject to hydrolysis) is 1. The molecule has 1 aromatic heterocycles. The van der Waals surface area contributed by atoms with Crippen molar-refractivity contribution < 1.29 is 28.3 Å². The number of furan rings is 1. The Labute approximate surface area is 199 Å². The van der Waals surface area contributed by atoms with Gasteiger partial charge in [0, 0.05) is 24.6 Å². The van der Waals surface area contributed by atoms with Crippen molar-refractivity contribution in [2.45, 2.75) is 58.7 Å². The van der Waals surface area contributed by atoms with E-state index in [1.807, 2.05) is 45.9 Å². The van der Waals surface area contributed by atoms with E-state index >= 15 is 0 Å². The second-order valence-electron chi connectivity index (χ2n) is 9.32.